The van der Waals surface area contributed by atoms with E-state index in [1.807, 2.05) is 6.92 Å². The minimum Gasteiger partial charge on any atom is -0.315 e. The molecule has 0 saturated heterocycles. The highest BCUT2D eigenvalue weighted by Crippen LogP contribution is 2.26. The Bertz CT molecular complexity index is 286. The van der Waals surface area contributed by atoms with Crippen LogP contribution in [0.1, 0.15) is 23.8 Å². The molecule has 2 N–H and O–H groups in total. The van der Waals surface area contributed by atoms with Crippen molar-refractivity contribution in [2.75, 3.05) is 19.6 Å². The molecule has 0 aliphatic carbocycles. The molecule has 1 aromatic heterocycles. The van der Waals surface area contributed by atoms with Crippen molar-refractivity contribution in [2.24, 2.45) is 0 Å². The summed E-state index contributed by atoms with van der Waals surface area (Å²) in [6.07, 6.45) is 1.19. The summed E-state index contributed by atoms with van der Waals surface area (Å²) in [5, 5.41) is 9.76. The van der Waals surface area contributed by atoms with Gasteiger partial charge in [-0.2, -0.15) is 0 Å². The quantitative estimate of drug-likeness (QED) is 0.723. The van der Waals surface area contributed by atoms with E-state index in [0.29, 0.717) is 0 Å². The lowest BCUT2D eigenvalue weighted by atomic mass is 10.3. The van der Waals surface area contributed by atoms with Crippen LogP contribution in [-0.4, -0.2) is 19.6 Å². The molecule has 0 radical (unpaired) electrons. The van der Waals surface area contributed by atoms with Crippen molar-refractivity contribution >= 4 is 22.9 Å². The van der Waals surface area contributed by atoms with Gasteiger partial charge < -0.3 is 10.6 Å². The first-order valence-corrected chi connectivity index (χ1v) is 6.65. The summed E-state index contributed by atoms with van der Waals surface area (Å²) in [6, 6.07) is 0. The molecule has 0 saturated carbocycles. The van der Waals surface area contributed by atoms with Crippen LogP contribution >= 0.6 is 22.9 Å². The SMILES string of the molecule is CCCNCCNCc1scc(C)c1Cl. The Kier molecular flexibility index (Phi) is 6.25. The highest BCUT2D eigenvalue weighted by Gasteiger charge is 2.04. The third kappa shape index (κ3) is 4.51. The molecule has 1 aromatic rings. The Labute approximate surface area is 101 Å². The number of hydrogen-bond acceptors (Lipinski definition) is 3. The van der Waals surface area contributed by atoms with Crippen LogP contribution in [0.3, 0.4) is 0 Å². The van der Waals surface area contributed by atoms with E-state index in [0.717, 1.165) is 31.2 Å². The molecule has 0 spiro atoms. The first-order valence-electron chi connectivity index (χ1n) is 5.39. The van der Waals surface area contributed by atoms with Crippen LogP contribution < -0.4 is 10.6 Å². The average molecular weight is 247 g/mol. The van der Waals surface area contributed by atoms with Crippen LogP contribution in [0.25, 0.3) is 0 Å². The second kappa shape index (κ2) is 7.23. The molecule has 0 atom stereocenters. The van der Waals surface area contributed by atoms with Gasteiger partial charge in [0.2, 0.25) is 0 Å². The second-order valence-corrected chi connectivity index (χ2v) is 4.92. The monoisotopic (exact) mass is 246 g/mol. The Morgan fingerprint density at radius 1 is 1.27 bits per heavy atom. The fraction of sp³-hybridized carbons (Fsp3) is 0.636. The summed E-state index contributed by atoms with van der Waals surface area (Å²) in [7, 11) is 0. The normalized spacial score (nSPS) is 10.9. The Balaban J connectivity index is 2.12. The van der Waals surface area contributed by atoms with Gasteiger partial charge in [0.15, 0.2) is 0 Å². The Morgan fingerprint density at radius 2 is 2.00 bits per heavy atom. The minimum atomic E-state index is 0.880. The minimum absolute atomic E-state index is 0.880. The van der Waals surface area contributed by atoms with Gasteiger partial charge in [-0.1, -0.05) is 18.5 Å². The molecular formula is C11H19ClN2S. The first kappa shape index (κ1) is 13.0. The number of halogens is 1. The van der Waals surface area contributed by atoms with Gasteiger partial charge >= 0.3 is 0 Å². The zero-order valence-corrected chi connectivity index (χ0v) is 11.0. The zero-order chi connectivity index (χ0) is 11.1. The van der Waals surface area contributed by atoms with Crippen LogP contribution in [0.5, 0.6) is 0 Å². The molecule has 0 amide bonds. The molecule has 15 heavy (non-hydrogen) atoms. The molecule has 0 fully saturated rings. The number of rotatable bonds is 7. The van der Waals surface area contributed by atoms with E-state index >= 15 is 0 Å². The van der Waals surface area contributed by atoms with Crippen molar-refractivity contribution in [3.63, 3.8) is 0 Å². The fourth-order valence-electron chi connectivity index (χ4n) is 1.28. The smallest absolute Gasteiger partial charge is 0.0587 e. The van der Waals surface area contributed by atoms with Crippen LogP contribution in [0, 0.1) is 6.92 Å². The summed E-state index contributed by atoms with van der Waals surface area (Å²) in [6.45, 7) is 8.22. The topological polar surface area (TPSA) is 24.1 Å². The Morgan fingerprint density at radius 3 is 2.60 bits per heavy atom. The predicted octanol–water partition coefficient (Wildman–Crippen LogP) is 2.80. The van der Waals surface area contributed by atoms with E-state index in [9.17, 15) is 0 Å². The molecule has 0 aliphatic heterocycles. The molecule has 86 valence electrons. The summed E-state index contributed by atoms with van der Waals surface area (Å²) >= 11 is 7.86. The van der Waals surface area contributed by atoms with Gasteiger partial charge in [0, 0.05) is 24.5 Å². The molecule has 1 heterocycles. The van der Waals surface area contributed by atoms with E-state index < -0.39 is 0 Å². The summed E-state index contributed by atoms with van der Waals surface area (Å²) in [4.78, 5) is 1.24. The predicted molar refractivity (Wildman–Crippen MR) is 68.9 cm³/mol. The third-order valence-electron chi connectivity index (χ3n) is 2.16. The molecule has 4 heteroatoms. The Hall–Kier alpha value is -0.0900. The van der Waals surface area contributed by atoms with E-state index in [1.54, 1.807) is 11.3 Å². The first-order chi connectivity index (χ1) is 7.25. The van der Waals surface area contributed by atoms with E-state index in [2.05, 4.69) is 22.9 Å². The molecule has 0 bridgehead atoms. The standard InChI is InChI=1S/C11H19ClN2S/c1-3-4-13-5-6-14-7-10-11(12)9(2)8-15-10/h8,13-14H,3-7H2,1-2H3. The van der Waals surface area contributed by atoms with Crippen LogP contribution in [-0.2, 0) is 6.54 Å². The summed E-state index contributed by atoms with van der Waals surface area (Å²) in [5.74, 6) is 0. The van der Waals surface area contributed by atoms with Crippen molar-refractivity contribution in [3.05, 3.63) is 20.8 Å². The highest BCUT2D eigenvalue weighted by molar-refractivity contribution is 7.10. The zero-order valence-electron chi connectivity index (χ0n) is 9.40. The number of aryl methyl sites for hydroxylation is 1. The van der Waals surface area contributed by atoms with Crippen LogP contribution in [0.4, 0.5) is 0 Å². The van der Waals surface area contributed by atoms with Gasteiger partial charge in [0.1, 0.15) is 0 Å². The molecule has 0 aromatic carbocycles. The van der Waals surface area contributed by atoms with E-state index in [1.165, 1.54) is 16.9 Å². The van der Waals surface area contributed by atoms with E-state index in [-0.39, 0.29) is 0 Å². The average Bonchev–Trinajstić information content (AvgIpc) is 2.54. The van der Waals surface area contributed by atoms with Crippen molar-refractivity contribution in [1.82, 2.24) is 10.6 Å². The van der Waals surface area contributed by atoms with Crippen molar-refractivity contribution < 1.29 is 0 Å². The number of hydrogen-bond donors (Lipinski definition) is 2. The maximum absolute atomic E-state index is 6.13. The van der Waals surface area contributed by atoms with Gasteiger partial charge in [-0.15, -0.1) is 11.3 Å². The maximum atomic E-state index is 6.13. The molecule has 1 rings (SSSR count). The lowest BCUT2D eigenvalue weighted by Crippen LogP contribution is -2.27. The van der Waals surface area contributed by atoms with E-state index in [4.69, 9.17) is 11.6 Å². The maximum Gasteiger partial charge on any atom is 0.0587 e. The van der Waals surface area contributed by atoms with Gasteiger partial charge in [-0.05, 0) is 30.8 Å². The lowest BCUT2D eigenvalue weighted by Gasteiger charge is -2.04. The van der Waals surface area contributed by atoms with Crippen molar-refractivity contribution in [3.8, 4) is 0 Å². The lowest BCUT2D eigenvalue weighted by molar-refractivity contribution is 0.609. The van der Waals surface area contributed by atoms with Gasteiger partial charge in [-0.3, -0.25) is 0 Å². The molecular weight excluding hydrogens is 228 g/mol. The summed E-state index contributed by atoms with van der Waals surface area (Å²) in [5.41, 5.74) is 1.18. The molecule has 2 nitrogen and oxygen atoms in total. The summed E-state index contributed by atoms with van der Waals surface area (Å²) < 4.78 is 0. The number of nitrogens with one attached hydrogen (secondary N) is 2. The number of thiophene rings is 1. The fourth-order valence-corrected chi connectivity index (χ4v) is 2.49. The third-order valence-corrected chi connectivity index (χ3v) is 3.90. The molecule has 0 unspecified atom stereocenters. The van der Waals surface area contributed by atoms with Crippen molar-refractivity contribution in [1.29, 1.82) is 0 Å². The van der Waals surface area contributed by atoms with Crippen molar-refractivity contribution in [2.45, 2.75) is 26.8 Å². The van der Waals surface area contributed by atoms with Crippen LogP contribution in [0.15, 0.2) is 5.38 Å². The van der Waals surface area contributed by atoms with Gasteiger partial charge in [0.05, 0.1) is 5.02 Å². The second-order valence-electron chi connectivity index (χ2n) is 3.58. The van der Waals surface area contributed by atoms with Gasteiger partial charge in [-0.25, -0.2) is 0 Å². The van der Waals surface area contributed by atoms with Crippen LogP contribution in [0.2, 0.25) is 5.02 Å². The highest BCUT2D eigenvalue weighted by atomic mass is 35.5. The largest absolute Gasteiger partial charge is 0.315 e. The molecule has 0 aliphatic rings. The van der Waals surface area contributed by atoms with Gasteiger partial charge in [0.25, 0.3) is 0 Å².